The minimum absolute atomic E-state index is 0.0793. The Morgan fingerprint density at radius 1 is 1.39 bits per heavy atom. The highest BCUT2D eigenvalue weighted by Crippen LogP contribution is 2.18. The Morgan fingerprint density at radius 2 is 2.22 bits per heavy atom. The minimum Gasteiger partial charge on any atom is -0.309 e. The van der Waals surface area contributed by atoms with Crippen molar-refractivity contribution in [2.75, 3.05) is 6.54 Å². The van der Waals surface area contributed by atoms with Crippen molar-refractivity contribution in [2.24, 2.45) is 0 Å². The van der Waals surface area contributed by atoms with Crippen molar-refractivity contribution in [2.45, 2.75) is 25.8 Å². The van der Waals surface area contributed by atoms with Crippen LogP contribution in [0.15, 0.2) is 30.0 Å². The smallest absolute Gasteiger partial charge is 0.141 e. The molecule has 0 saturated heterocycles. The number of hydrogen-bond donors (Lipinski definition) is 1. The van der Waals surface area contributed by atoms with E-state index in [-0.39, 0.29) is 11.9 Å². The van der Waals surface area contributed by atoms with Crippen LogP contribution in [0.1, 0.15) is 36.4 Å². The van der Waals surface area contributed by atoms with E-state index < -0.39 is 0 Å². The van der Waals surface area contributed by atoms with Crippen LogP contribution in [0.25, 0.3) is 0 Å². The first kappa shape index (κ1) is 13.1. The molecule has 0 fully saturated rings. The molecule has 0 saturated carbocycles. The lowest BCUT2D eigenvalue weighted by atomic mass is 10.1. The predicted molar refractivity (Wildman–Crippen MR) is 71.1 cm³/mol. The molecule has 2 atom stereocenters. The third-order valence-corrected chi connectivity index (χ3v) is 3.84. The van der Waals surface area contributed by atoms with Gasteiger partial charge in [0, 0.05) is 36.3 Å². The van der Waals surface area contributed by atoms with Gasteiger partial charge in [-0.15, -0.1) is 11.3 Å². The molecule has 18 heavy (non-hydrogen) atoms. The number of halogens is 1. The second kappa shape index (κ2) is 6.02. The fourth-order valence-corrected chi connectivity index (χ4v) is 2.40. The van der Waals surface area contributed by atoms with E-state index in [1.54, 1.807) is 17.5 Å². The van der Waals surface area contributed by atoms with Crippen molar-refractivity contribution in [3.8, 4) is 0 Å². The number of pyridine rings is 1. The summed E-state index contributed by atoms with van der Waals surface area (Å²) >= 11 is 1.66. The Labute approximate surface area is 110 Å². The van der Waals surface area contributed by atoms with Crippen LogP contribution in [0.5, 0.6) is 0 Å². The Hall–Kier alpha value is -1.33. The fourth-order valence-electron chi connectivity index (χ4n) is 1.70. The van der Waals surface area contributed by atoms with Crippen LogP contribution in [0.3, 0.4) is 0 Å². The van der Waals surface area contributed by atoms with Gasteiger partial charge in [0.1, 0.15) is 5.82 Å². The van der Waals surface area contributed by atoms with E-state index in [4.69, 9.17) is 0 Å². The van der Waals surface area contributed by atoms with Crippen molar-refractivity contribution in [1.82, 2.24) is 15.3 Å². The quantitative estimate of drug-likeness (QED) is 0.902. The third-order valence-electron chi connectivity index (χ3n) is 2.83. The molecule has 2 unspecified atom stereocenters. The van der Waals surface area contributed by atoms with E-state index >= 15 is 0 Å². The van der Waals surface area contributed by atoms with E-state index in [2.05, 4.69) is 22.2 Å². The molecule has 0 aliphatic carbocycles. The maximum atomic E-state index is 13.1. The fraction of sp³-hybridized carbons (Fsp3) is 0.385. The van der Waals surface area contributed by atoms with Crippen molar-refractivity contribution < 1.29 is 4.39 Å². The summed E-state index contributed by atoms with van der Waals surface area (Å²) in [5.74, 6) is 0.0584. The average molecular weight is 265 g/mol. The summed E-state index contributed by atoms with van der Waals surface area (Å²) in [6.45, 7) is 4.94. The number of thiazole rings is 1. The second-order valence-electron chi connectivity index (χ2n) is 4.34. The standard InChI is InChI=1S/C13H16FN3S/c1-9(13-16-3-4-18-13)6-17-10(2)11-5-12(14)8-15-7-11/h3-5,7-10,17H,6H2,1-2H3. The van der Waals surface area contributed by atoms with Crippen molar-refractivity contribution in [3.05, 3.63) is 46.4 Å². The Bertz CT molecular complexity index is 487. The molecule has 0 radical (unpaired) electrons. The van der Waals surface area contributed by atoms with E-state index in [0.717, 1.165) is 17.1 Å². The molecule has 0 aromatic carbocycles. The molecule has 2 aromatic heterocycles. The monoisotopic (exact) mass is 265 g/mol. The lowest BCUT2D eigenvalue weighted by molar-refractivity contribution is 0.529. The highest BCUT2D eigenvalue weighted by molar-refractivity contribution is 7.09. The molecule has 2 heterocycles. The molecule has 0 aliphatic rings. The summed E-state index contributed by atoms with van der Waals surface area (Å²) in [5.41, 5.74) is 0.862. The molecule has 0 spiro atoms. The van der Waals surface area contributed by atoms with Crippen LogP contribution in [0.4, 0.5) is 4.39 Å². The summed E-state index contributed by atoms with van der Waals surface area (Å²) in [6.07, 6.45) is 4.72. The highest BCUT2D eigenvalue weighted by Gasteiger charge is 2.11. The van der Waals surface area contributed by atoms with Gasteiger partial charge in [-0.25, -0.2) is 9.37 Å². The zero-order valence-electron chi connectivity index (χ0n) is 10.4. The molecule has 1 N–H and O–H groups in total. The molecule has 2 aromatic rings. The molecule has 2 rings (SSSR count). The van der Waals surface area contributed by atoms with Gasteiger partial charge in [-0.2, -0.15) is 0 Å². The van der Waals surface area contributed by atoms with Crippen LogP contribution < -0.4 is 5.32 Å². The van der Waals surface area contributed by atoms with Gasteiger partial charge in [-0.1, -0.05) is 6.92 Å². The molecule has 0 aliphatic heterocycles. The predicted octanol–water partition coefficient (Wildman–Crippen LogP) is 3.13. The Morgan fingerprint density at radius 3 is 2.89 bits per heavy atom. The zero-order chi connectivity index (χ0) is 13.0. The number of rotatable bonds is 5. The normalized spacial score (nSPS) is 14.4. The van der Waals surface area contributed by atoms with Gasteiger partial charge in [0.05, 0.1) is 11.2 Å². The average Bonchev–Trinajstić information content (AvgIpc) is 2.89. The van der Waals surface area contributed by atoms with Crippen LogP contribution in [0.2, 0.25) is 0 Å². The SMILES string of the molecule is CC(CNC(C)c1cncc(F)c1)c1nccs1. The maximum absolute atomic E-state index is 13.1. The van der Waals surface area contributed by atoms with Gasteiger partial charge < -0.3 is 5.32 Å². The van der Waals surface area contributed by atoms with Gasteiger partial charge in [-0.3, -0.25) is 4.98 Å². The molecular formula is C13H16FN3S. The summed E-state index contributed by atoms with van der Waals surface area (Å²) in [6, 6.07) is 1.59. The van der Waals surface area contributed by atoms with Crippen molar-refractivity contribution in [1.29, 1.82) is 0 Å². The Balaban J connectivity index is 1.90. The molecule has 3 nitrogen and oxygen atoms in total. The molecule has 0 amide bonds. The second-order valence-corrected chi connectivity index (χ2v) is 5.26. The number of aromatic nitrogens is 2. The number of hydrogen-bond acceptors (Lipinski definition) is 4. The zero-order valence-corrected chi connectivity index (χ0v) is 11.2. The first-order valence-electron chi connectivity index (χ1n) is 5.90. The summed E-state index contributed by atoms with van der Waals surface area (Å²) in [4.78, 5) is 8.14. The number of nitrogens with one attached hydrogen (secondary N) is 1. The molecule has 96 valence electrons. The van der Waals surface area contributed by atoms with Crippen molar-refractivity contribution in [3.63, 3.8) is 0 Å². The highest BCUT2D eigenvalue weighted by atomic mass is 32.1. The largest absolute Gasteiger partial charge is 0.309 e. The maximum Gasteiger partial charge on any atom is 0.141 e. The van der Waals surface area contributed by atoms with Crippen LogP contribution in [0, 0.1) is 5.82 Å². The van der Waals surface area contributed by atoms with Gasteiger partial charge in [-0.05, 0) is 18.6 Å². The Kier molecular flexibility index (Phi) is 4.38. The lowest BCUT2D eigenvalue weighted by Gasteiger charge is -2.16. The molecule has 5 heteroatoms. The first-order valence-corrected chi connectivity index (χ1v) is 6.78. The van der Waals surface area contributed by atoms with Crippen LogP contribution >= 0.6 is 11.3 Å². The summed E-state index contributed by atoms with van der Waals surface area (Å²) < 4.78 is 13.1. The molecular weight excluding hydrogens is 249 g/mol. The first-order chi connectivity index (χ1) is 8.66. The van der Waals surface area contributed by atoms with Gasteiger partial charge in [0.25, 0.3) is 0 Å². The van der Waals surface area contributed by atoms with Crippen LogP contribution in [-0.2, 0) is 0 Å². The third kappa shape index (κ3) is 3.34. The summed E-state index contributed by atoms with van der Waals surface area (Å²) in [7, 11) is 0. The van der Waals surface area contributed by atoms with E-state index in [9.17, 15) is 4.39 Å². The van der Waals surface area contributed by atoms with Gasteiger partial charge in [0.15, 0.2) is 0 Å². The number of nitrogens with zero attached hydrogens (tertiary/aromatic N) is 2. The lowest BCUT2D eigenvalue weighted by Crippen LogP contribution is -2.23. The van der Waals surface area contributed by atoms with Gasteiger partial charge >= 0.3 is 0 Å². The van der Waals surface area contributed by atoms with E-state index in [1.807, 2.05) is 18.5 Å². The summed E-state index contributed by atoms with van der Waals surface area (Å²) in [5, 5.41) is 6.47. The van der Waals surface area contributed by atoms with E-state index in [1.165, 1.54) is 12.3 Å². The molecule has 0 bridgehead atoms. The minimum atomic E-state index is -0.297. The van der Waals surface area contributed by atoms with E-state index in [0.29, 0.717) is 5.92 Å². The van der Waals surface area contributed by atoms with Gasteiger partial charge in [0.2, 0.25) is 0 Å². The van der Waals surface area contributed by atoms with Crippen LogP contribution in [-0.4, -0.2) is 16.5 Å². The van der Waals surface area contributed by atoms with Crippen molar-refractivity contribution >= 4 is 11.3 Å². The topological polar surface area (TPSA) is 37.8 Å².